The number of piperidine rings is 1. The minimum Gasteiger partial charge on any atom is -0.492 e. The molecule has 0 bridgehead atoms. The third kappa shape index (κ3) is 3.34. The van der Waals surface area contributed by atoms with Gasteiger partial charge in [0.05, 0.1) is 12.1 Å². The van der Waals surface area contributed by atoms with Crippen molar-refractivity contribution >= 4 is 0 Å². The van der Waals surface area contributed by atoms with Gasteiger partial charge in [-0.1, -0.05) is 42.0 Å². The highest BCUT2D eigenvalue weighted by atomic mass is 16.5. The van der Waals surface area contributed by atoms with Crippen molar-refractivity contribution in [2.24, 2.45) is 0 Å². The Kier molecular flexibility index (Phi) is 5.46. The Morgan fingerprint density at radius 1 is 1.14 bits per heavy atom. The molecule has 0 aromatic heterocycles. The quantitative estimate of drug-likeness (QED) is 0.835. The van der Waals surface area contributed by atoms with Crippen molar-refractivity contribution in [2.75, 3.05) is 33.3 Å². The van der Waals surface area contributed by atoms with Crippen LogP contribution >= 0.6 is 0 Å². The zero-order valence-electron chi connectivity index (χ0n) is 17.2. The number of ether oxygens (including phenoxy) is 1. The minimum atomic E-state index is -0.377. The van der Waals surface area contributed by atoms with Gasteiger partial charge in [-0.2, -0.15) is 0 Å². The summed E-state index contributed by atoms with van der Waals surface area (Å²) in [4.78, 5) is 2.27. The fraction of sp³-hybridized carbons (Fsp3) is 0.500. The zero-order chi connectivity index (χ0) is 19.7. The fourth-order valence-electron chi connectivity index (χ4n) is 5.16. The molecule has 2 atom stereocenters. The summed E-state index contributed by atoms with van der Waals surface area (Å²) in [5.74, 6) is 0.946. The van der Waals surface area contributed by atoms with Crippen LogP contribution in [0.5, 0.6) is 5.75 Å². The second kappa shape index (κ2) is 7.86. The Balaban J connectivity index is 1.48. The molecular weight excluding hydrogens is 348 g/mol. The van der Waals surface area contributed by atoms with Crippen LogP contribution in [0.25, 0.3) is 0 Å². The number of benzene rings is 2. The lowest BCUT2D eigenvalue weighted by Crippen LogP contribution is -2.48. The summed E-state index contributed by atoms with van der Waals surface area (Å²) in [6, 6.07) is 14.9. The standard InChI is InChI=1S/C24H32N2O2/c1-17-8-9-21(18(2)16-17)28-15-14-26(3)22-19-6-4-5-7-20(19)24(23(22)27)10-12-25-13-11-24/h4-9,16,22-23,25,27H,10-15H2,1-3H3/t22-,23+/m1/s1. The lowest BCUT2D eigenvalue weighted by atomic mass is 9.72. The van der Waals surface area contributed by atoms with Gasteiger partial charge in [0.25, 0.3) is 0 Å². The van der Waals surface area contributed by atoms with Gasteiger partial charge in [0.15, 0.2) is 0 Å². The smallest absolute Gasteiger partial charge is 0.122 e. The topological polar surface area (TPSA) is 44.7 Å². The van der Waals surface area contributed by atoms with E-state index in [-0.39, 0.29) is 17.6 Å². The Morgan fingerprint density at radius 3 is 2.64 bits per heavy atom. The molecule has 1 aliphatic carbocycles. The molecule has 0 radical (unpaired) electrons. The van der Waals surface area contributed by atoms with Gasteiger partial charge in [-0.05, 0) is 69.6 Å². The normalized spacial score (nSPS) is 23.2. The molecule has 1 fully saturated rings. The molecular formula is C24H32N2O2. The van der Waals surface area contributed by atoms with E-state index in [0.29, 0.717) is 6.61 Å². The number of fused-ring (bicyclic) bond motifs is 2. The van der Waals surface area contributed by atoms with Crippen molar-refractivity contribution in [3.63, 3.8) is 0 Å². The predicted octanol–water partition coefficient (Wildman–Crippen LogP) is 3.35. The number of aliphatic hydroxyl groups excluding tert-OH is 1. The van der Waals surface area contributed by atoms with E-state index in [9.17, 15) is 5.11 Å². The van der Waals surface area contributed by atoms with Crippen LogP contribution in [0, 0.1) is 13.8 Å². The molecule has 1 spiro atoms. The third-order valence-corrected chi connectivity index (χ3v) is 6.68. The summed E-state index contributed by atoms with van der Waals surface area (Å²) < 4.78 is 6.05. The summed E-state index contributed by atoms with van der Waals surface area (Å²) in [6.45, 7) is 7.51. The summed E-state index contributed by atoms with van der Waals surface area (Å²) >= 11 is 0. The number of nitrogens with zero attached hydrogens (tertiary/aromatic N) is 1. The molecule has 2 aromatic carbocycles. The van der Waals surface area contributed by atoms with Crippen LogP contribution in [-0.4, -0.2) is 49.4 Å². The predicted molar refractivity (Wildman–Crippen MR) is 113 cm³/mol. The van der Waals surface area contributed by atoms with E-state index in [1.165, 1.54) is 22.3 Å². The average Bonchev–Trinajstić information content (AvgIpc) is 2.93. The van der Waals surface area contributed by atoms with Crippen molar-refractivity contribution in [1.82, 2.24) is 10.2 Å². The summed E-state index contributed by atoms with van der Waals surface area (Å²) in [5.41, 5.74) is 4.93. The van der Waals surface area contributed by atoms with E-state index in [0.717, 1.165) is 38.2 Å². The first kappa shape index (κ1) is 19.4. The number of likely N-dealkylation sites (N-methyl/N-ethyl adjacent to an activating group) is 1. The molecule has 2 N–H and O–H groups in total. The third-order valence-electron chi connectivity index (χ3n) is 6.68. The number of aryl methyl sites for hydroxylation is 2. The van der Waals surface area contributed by atoms with Gasteiger partial charge in [-0.15, -0.1) is 0 Å². The van der Waals surface area contributed by atoms with Gasteiger partial charge in [-0.3, -0.25) is 4.90 Å². The highest BCUT2D eigenvalue weighted by molar-refractivity contribution is 5.45. The largest absolute Gasteiger partial charge is 0.492 e. The molecule has 1 saturated heterocycles. The SMILES string of the molecule is Cc1ccc(OCCN(C)[C@@H]2c3ccccc3C3(CCNCC3)[C@H]2O)c(C)c1. The molecule has 4 rings (SSSR count). The van der Waals surface area contributed by atoms with E-state index in [1.807, 2.05) is 0 Å². The van der Waals surface area contributed by atoms with Gasteiger partial charge in [0, 0.05) is 12.0 Å². The second-order valence-corrected chi connectivity index (χ2v) is 8.48. The van der Waals surface area contributed by atoms with Crippen LogP contribution in [0.1, 0.15) is 41.1 Å². The fourth-order valence-corrected chi connectivity index (χ4v) is 5.16. The molecule has 1 aliphatic heterocycles. The number of nitrogens with one attached hydrogen (secondary N) is 1. The number of hydrogen-bond acceptors (Lipinski definition) is 4. The molecule has 4 nitrogen and oxygen atoms in total. The van der Waals surface area contributed by atoms with Crippen molar-refractivity contribution in [2.45, 2.75) is 44.2 Å². The number of rotatable bonds is 5. The van der Waals surface area contributed by atoms with Gasteiger partial charge >= 0.3 is 0 Å². The average molecular weight is 381 g/mol. The highest BCUT2D eigenvalue weighted by Crippen LogP contribution is 2.51. The first-order valence-corrected chi connectivity index (χ1v) is 10.4. The zero-order valence-corrected chi connectivity index (χ0v) is 17.2. The Labute approximate surface area is 168 Å². The minimum absolute atomic E-state index is 0.0250. The Bertz CT molecular complexity index is 829. The molecule has 2 aliphatic rings. The second-order valence-electron chi connectivity index (χ2n) is 8.48. The van der Waals surface area contributed by atoms with Crippen LogP contribution in [0.2, 0.25) is 0 Å². The molecule has 4 heteroatoms. The van der Waals surface area contributed by atoms with Crippen molar-refractivity contribution in [3.05, 3.63) is 64.7 Å². The van der Waals surface area contributed by atoms with Crippen molar-refractivity contribution in [3.8, 4) is 5.75 Å². The van der Waals surface area contributed by atoms with Gasteiger partial charge in [0.1, 0.15) is 12.4 Å². The van der Waals surface area contributed by atoms with E-state index in [2.05, 4.69) is 73.6 Å². The molecule has 1 heterocycles. The first-order valence-electron chi connectivity index (χ1n) is 10.4. The first-order chi connectivity index (χ1) is 13.5. The molecule has 0 unspecified atom stereocenters. The Morgan fingerprint density at radius 2 is 1.89 bits per heavy atom. The summed E-state index contributed by atoms with van der Waals surface area (Å²) in [7, 11) is 2.11. The van der Waals surface area contributed by atoms with Crippen LogP contribution in [-0.2, 0) is 5.41 Å². The highest BCUT2D eigenvalue weighted by Gasteiger charge is 2.52. The maximum atomic E-state index is 11.4. The van der Waals surface area contributed by atoms with Crippen molar-refractivity contribution < 1.29 is 9.84 Å². The lowest BCUT2D eigenvalue weighted by Gasteiger charge is -2.40. The summed E-state index contributed by atoms with van der Waals surface area (Å²) in [5, 5.41) is 14.9. The monoisotopic (exact) mass is 380 g/mol. The lowest BCUT2D eigenvalue weighted by molar-refractivity contribution is 0.00356. The van der Waals surface area contributed by atoms with Gasteiger partial charge in [0.2, 0.25) is 0 Å². The molecule has 0 saturated carbocycles. The molecule has 2 aromatic rings. The van der Waals surface area contributed by atoms with E-state index in [1.54, 1.807) is 0 Å². The van der Waals surface area contributed by atoms with Crippen molar-refractivity contribution in [1.29, 1.82) is 0 Å². The van der Waals surface area contributed by atoms with E-state index < -0.39 is 0 Å². The van der Waals surface area contributed by atoms with Crippen LogP contribution in [0.15, 0.2) is 42.5 Å². The summed E-state index contributed by atoms with van der Waals surface area (Å²) in [6.07, 6.45) is 1.61. The van der Waals surface area contributed by atoms with Crippen LogP contribution < -0.4 is 10.1 Å². The van der Waals surface area contributed by atoms with Gasteiger partial charge in [-0.25, -0.2) is 0 Å². The number of hydrogen-bond donors (Lipinski definition) is 2. The number of aliphatic hydroxyl groups is 1. The van der Waals surface area contributed by atoms with E-state index in [4.69, 9.17) is 4.74 Å². The molecule has 150 valence electrons. The molecule has 28 heavy (non-hydrogen) atoms. The maximum Gasteiger partial charge on any atom is 0.122 e. The van der Waals surface area contributed by atoms with Gasteiger partial charge < -0.3 is 15.2 Å². The van der Waals surface area contributed by atoms with E-state index >= 15 is 0 Å². The maximum absolute atomic E-state index is 11.4. The Hall–Kier alpha value is -1.88. The van der Waals surface area contributed by atoms with Crippen LogP contribution in [0.4, 0.5) is 0 Å². The molecule has 0 amide bonds. The van der Waals surface area contributed by atoms with Crippen LogP contribution in [0.3, 0.4) is 0 Å².